The lowest BCUT2D eigenvalue weighted by molar-refractivity contribution is 0.549. The average Bonchev–Trinajstić information content (AvgIpc) is 1.72. The molecule has 0 saturated heterocycles. The topological polar surface area (TPSA) is 0 Å². The number of hydrogen-bond acceptors (Lipinski definition) is 0. The van der Waals surface area contributed by atoms with Gasteiger partial charge in [0.1, 0.15) is 6.67 Å². The van der Waals surface area contributed by atoms with Gasteiger partial charge in [-0.3, -0.25) is 0 Å². The zero-order valence-corrected chi connectivity index (χ0v) is 4.45. The van der Waals surface area contributed by atoms with Crippen molar-refractivity contribution in [1.82, 2.24) is 0 Å². The summed E-state index contributed by atoms with van der Waals surface area (Å²) in [5.41, 5.74) is 0.653. The molecule has 40 valence electrons. The lowest BCUT2D eigenvalue weighted by atomic mass is 10.3. The van der Waals surface area contributed by atoms with Gasteiger partial charge >= 0.3 is 0 Å². The van der Waals surface area contributed by atoms with Crippen LogP contribution < -0.4 is 0 Å². The van der Waals surface area contributed by atoms with E-state index in [0.717, 1.165) is 0 Å². The van der Waals surface area contributed by atoms with Crippen molar-refractivity contribution in [3.63, 3.8) is 0 Å². The summed E-state index contributed by atoms with van der Waals surface area (Å²) in [6.45, 7) is 4.78. The highest BCUT2D eigenvalue weighted by molar-refractivity contribution is 5.14. The van der Waals surface area contributed by atoms with E-state index < -0.39 is 6.67 Å². The van der Waals surface area contributed by atoms with Gasteiger partial charge in [0.2, 0.25) is 0 Å². The molecule has 0 aromatic carbocycles. The van der Waals surface area contributed by atoms with Gasteiger partial charge in [0, 0.05) is 0 Å². The third-order valence-electron chi connectivity index (χ3n) is 0.787. The maximum atomic E-state index is 11.5. The van der Waals surface area contributed by atoms with E-state index in [0.29, 0.717) is 5.57 Å². The number of allylic oxidation sites excluding steroid dienone is 3. The molecular weight excluding hydrogens is 91.1 g/mol. The molecule has 0 fully saturated rings. The van der Waals surface area contributed by atoms with Crippen molar-refractivity contribution in [3.05, 3.63) is 24.3 Å². The molecule has 0 rings (SSSR count). The Morgan fingerprint density at radius 2 is 2.43 bits per heavy atom. The molecule has 0 saturated carbocycles. The van der Waals surface area contributed by atoms with Crippen LogP contribution in [0.1, 0.15) is 6.92 Å². The predicted molar refractivity (Wildman–Crippen MR) is 29.9 cm³/mol. The molecule has 0 aliphatic heterocycles. The summed E-state index contributed by atoms with van der Waals surface area (Å²) in [4.78, 5) is 0. The molecule has 0 aromatic heterocycles. The monoisotopic (exact) mass is 100 g/mol. The molecule has 0 radical (unpaired) electrons. The van der Waals surface area contributed by atoms with Crippen LogP contribution in [-0.4, -0.2) is 6.67 Å². The molecule has 0 amide bonds. The van der Waals surface area contributed by atoms with Gasteiger partial charge in [-0.15, -0.1) is 0 Å². The van der Waals surface area contributed by atoms with Crippen LogP contribution in [-0.2, 0) is 0 Å². The quantitative estimate of drug-likeness (QED) is 0.466. The van der Waals surface area contributed by atoms with E-state index in [1.165, 1.54) is 6.08 Å². The first-order valence-electron chi connectivity index (χ1n) is 2.18. The van der Waals surface area contributed by atoms with Gasteiger partial charge in [-0.2, -0.15) is 0 Å². The lowest BCUT2D eigenvalue weighted by Crippen LogP contribution is -1.74. The number of alkyl halides is 1. The number of halogens is 1. The lowest BCUT2D eigenvalue weighted by Gasteiger charge is -1.85. The van der Waals surface area contributed by atoms with Crippen molar-refractivity contribution >= 4 is 0 Å². The third kappa shape index (κ3) is 2.15. The molecule has 0 aliphatic carbocycles. The van der Waals surface area contributed by atoms with Crippen LogP contribution in [0.15, 0.2) is 24.3 Å². The van der Waals surface area contributed by atoms with E-state index >= 15 is 0 Å². The zero-order chi connectivity index (χ0) is 5.70. The smallest absolute Gasteiger partial charge is 0.114 e. The Balaban J connectivity index is 3.60. The summed E-state index contributed by atoms with van der Waals surface area (Å²) in [7, 11) is 0. The van der Waals surface area contributed by atoms with Gasteiger partial charge in [-0.25, -0.2) is 4.39 Å². The first-order chi connectivity index (χ1) is 3.35. The minimum absolute atomic E-state index is 0.403. The molecule has 7 heavy (non-hydrogen) atoms. The van der Waals surface area contributed by atoms with E-state index in [1.807, 2.05) is 0 Å². The van der Waals surface area contributed by atoms with Crippen molar-refractivity contribution < 1.29 is 4.39 Å². The minimum Gasteiger partial charge on any atom is -0.246 e. The van der Waals surface area contributed by atoms with Crippen LogP contribution >= 0.6 is 0 Å². The molecule has 0 spiro atoms. The van der Waals surface area contributed by atoms with Crippen LogP contribution in [0.25, 0.3) is 0 Å². The fourth-order valence-corrected chi connectivity index (χ4v) is 0.250. The van der Waals surface area contributed by atoms with Crippen molar-refractivity contribution in [3.8, 4) is 0 Å². The second-order valence-electron chi connectivity index (χ2n) is 1.20. The highest BCUT2D eigenvalue weighted by Gasteiger charge is 1.81. The molecule has 0 bridgehead atoms. The van der Waals surface area contributed by atoms with Gasteiger partial charge in [0.15, 0.2) is 0 Å². The fourth-order valence-electron chi connectivity index (χ4n) is 0.250. The fraction of sp³-hybridized carbons (Fsp3) is 0.333. The van der Waals surface area contributed by atoms with Crippen LogP contribution in [0.3, 0.4) is 0 Å². The first kappa shape index (κ1) is 6.41. The predicted octanol–water partition coefficient (Wildman–Crippen LogP) is 2.09. The summed E-state index contributed by atoms with van der Waals surface area (Å²) >= 11 is 0. The largest absolute Gasteiger partial charge is 0.246 e. The van der Waals surface area contributed by atoms with E-state index in [-0.39, 0.29) is 0 Å². The average molecular weight is 100 g/mol. The maximum absolute atomic E-state index is 11.5. The van der Waals surface area contributed by atoms with E-state index in [1.54, 1.807) is 13.0 Å². The van der Waals surface area contributed by atoms with Crippen molar-refractivity contribution in [2.45, 2.75) is 6.92 Å². The summed E-state index contributed by atoms with van der Waals surface area (Å²) < 4.78 is 11.5. The minimum atomic E-state index is -0.403. The van der Waals surface area contributed by atoms with E-state index in [9.17, 15) is 4.39 Å². The summed E-state index contributed by atoms with van der Waals surface area (Å²) in [6, 6.07) is 0. The first-order valence-corrected chi connectivity index (χ1v) is 2.18. The van der Waals surface area contributed by atoms with Crippen LogP contribution in [0.5, 0.6) is 0 Å². The Morgan fingerprint density at radius 3 is 2.43 bits per heavy atom. The third-order valence-corrected chi connectivity index (χ3v) is 0.787. The van der Waals surface area contributed by atoms with Gasteiger partial charge in [-0.05, 0) is 12.5 Å². The van der Waals surface area contributed by atoms with E-state index in [2.05, 4.69) is 6.58 Å². The van der Waals surface area contributed by atoms with Gasteiger partial charge in [0.25, 0.3) is 0 Å². The van der Waals surface area contributed by atoms with Gasteiger partial charge in [0.05, 0.1) is 0 Å². The Hall–Kier alpha value is -0.590. The molecule has 0 nitrogen and oxygen atoms in total. The summed E-state index contributed by atoms with van der Waals surface area (Å²) in [5, 5.41) is 0. The number of hydrogen-bond donors (Lipinski definition) is 0. The van der Waals surface area contributed by atoms with Crippen molar-refractivity contribution in [2.24, 2.45) is 0 Å². The van der Waals surface area contributed by atoms with Crippen molar-refractivity contribution in [1.29, 1.82) is 0 Å². The molecule has 0 aromatic rings. The Labute approximate surface area is 43.4 Å². The molecule has 0 unspecified atom stereocenters. The molecule has 0 N–H and O–H groups in total. The van der Waals surface area contributed by atoms with Crippen molar-refractivity contribution in [2.75, 3.05) is 6.67 Å². The standard InChI is InChI=1S/C6H9F/c1-3-6(4-2)5-7/h3-4H,1,5H2,2H3. The highest BCUT2D eigenvalue weighted by atomic mass is 19.1. The Bertz CT molecular complexity index is 82.2. The molecule has 0 atom stereocenters. The zero-order valence-electron chi connectivity index (χ0n) is 4.45. The summed E-state index contributed by atoms with van der Waals surface area (Å²) in [6.07, 6.45) is 3.22. The molecular formula is C6H9F. The SMILES string of the molecule is C=CC(=CC)CF. The highest BCUT2D eigenvalue weighted by Crippen LogP contribution is 1.93. The normalized spacial score (nSPS) is 11.4. The number of rotatable bonds is 2. The van der Waals surface area contributed by atoms with E-state index in [4.69, 9.17) is 0 Å². The summed E-state index contributed by atoms with van der Waals surface area (Å²) in [5.74, 6) is 0. The Morgan fingerprint density at radius 1 is 1.86 bits per heavy atom. The second-order valence-corrected chi connectivity index (χ2v) is 1.20. The van der Waals surface area contributed by atoms with Crippen LogP contribution in [0.2, 0.25) is 0 Å². The molecule has 1 heteroatoms. The van der Waals surface area contributed by atoms with Gasteiger partial charge < -0.3 is 0 Å². The van der Waals surface area contributed by atoms with Crippen LogP contribution in [0.4, 0.5) is 4.39 Å². The van der Waals surface area contributed by atoms with Gasteiger partial charge in [-0.1, -0.05) is 18.7 Å². The molecule has 0 aliphatic rings. The molecule has 0 heterocycles. The van der Waals surface area contributed by atoms with Crippen LogP contribution in [0, 0.1) is 0 Å². The maximum Gasteiger partial charge on any atom is 0.114 e. The second kappa shape index (κ2) is 3.59. The Kier molecular flexibility index (Phi) is 3.29.